The molecule has 2 aromatic rings. The molecular weight excluding hydrogens is 376 g/mol. The number of ether oxygens (including phenoxy) is 2. The third-order valence-corrected chi connectivity index (χ3v) is 5.39. The molecule has 0 radical (unpaired) electrons. The van der Waals surface area contributed by atoms with Crippen molar-refractivity contribution >= 4 is 27.3 Å². The highest BCUT2D eigenvalue weighted by Gasteiger charge is 2.15. The lowest BCUT2D eigenvalue weighted by atomic mass is 10.1. The number of nitrogens with one attached hydrogen (secondary N) is 1. The summed E-state index contributed by atoms with van der Waals surface area (Å²) in [6.07, 6.45) is 1.31. The molecular formula is C18H23ClN2O4S. The quantitative estimate of drug-likeness (QED) is 0.633. The molecule has 0 spiro atoms. The minimum absolute atomic E-state index is 0.172. The molecule has 26 heavy (non-hydrogen) atoms. The molecule has 0 saturated heterocycles. The molecule has 0 aromatic heterocycles. The van der Waals surface area contributed by atoms with Gasteiger partial charge in [0, 0.05) is 12.2 Å². The molecule has 3 N–H and O–H groups in total. The van der Waals surface area contributed by atoms with Crippen molar-refractivity contribution in [2.24, 2.45) is 0 Å². The summed E-state index contributed by atoms with van der Waals surface area (Å²) in [5, 5.41) is 0.439. The maximum Gasteiger partial charge on any atom is 0.240 e. The SMILES string of the molecule is CCCOc1c(Cl)cc(CCNS(=O)(=O)c2ccc(N)cc2)cc1OC. The van der Waals surface area contributed by atoms with E-state index in [-0.39, 0.29) is 11.4 Å². The Kier molecular flexibility index (Phi) is 7.14. The van der Waals surface area contributed by atoms with Crippen LogP contribution >= 0.6 is 11.6 Å². The fourth-order valence-corrected chi connectivity index (χ4v) is 3.64. The number of halogens is 1. The number of anilines is 1. The van der Waals surface area contributed by atoms with Crippen LogP contribution in [0.2, 0.25) is 5.02 Å². The Labute approximate surface area is 159 Å². The van der Waals surface area contributed by atoms with E-state index in [9.17, 15) is 8.42 Å². The van der Waals surface area contributed by atoms with Crippen molar-refractivity contribution in [2.75, 3.05) is 26.0 Å². The Morgan fingerprint density at radius 2 is 1.88 bits per heavy atom. The molecule has 0 aliphatic heterocycles. The van der Waals surface area contributed by atoms with E-state index in [4.69, 9.17) is 26.8 Å². The smallest absolute Gasteiger partial charge is 0.240 e. The Morgan fingerprint density at radius 1 is 1.19 bits per heavy atom. The molecule has 2 aromatic carbocycles. The first kappa shape index (κ1) is 20.4. The van der Waals surface area contributed by atoms with E-state index in [0.717, 1.165) is 12.0 Å². The van der Waals surface area contributed by atoms with Crippen molar-refractivity contribution in [1.29, 1.82) is 0 Å². The molecule has 0 unspecified atom stereocenters. The zero-order valence-electron chi connectivity index (χ0n) is 14.8. The predicted molar refractivity (Wildman–Crippen MR) is 104 cm³/mol. The highest BCUT2D eigenvalue weighted by atomic mass is 35.5. The van der Waals surface area contributed by atoms with Crippen molar-refractivity contribution in [2.45, 2.75) is 24.7 Å². The Hall–Kier alpha value is -1.96. The van der Waals surface area contributed by atoms with Gasteiger partial charge in [-0.3, -0.25) is 0 Å². The zero-order chi connectivity index (χ0) is 19.2. The third-order valence-electron chi connectivity index (χ3n) is 3.64. The predicted octanol–water partition coefficient (Wildman–Crippen LogP) is 3.24. The maximum absolute atomic E-state index is 12.3. The second-order valence-corrected chi connectivity index (χ2v) is 7.85. The van der Waals surface area contributed by atoms with Gasteiger partial charge >= 0.3 is 0 Å². The number of hydrogen-bond donors (Lipinski definition) is 2. The van der Waals surface area contributed by atoms with Gasteiger partial charge in [0.05, 0.1) is 23.6 Å². The van der Waals surface area contributed by atoms with Crippen LogP contribution in [0.3, 0.4) is 0 Å². The minimum atomic E-state index is -3.59. The van der Waals surface area contributed by atoms with Crippen LogP contribution in [0.1, 0.15) is 18.9 Å². The van der Waals surface area contributed by atoms with Crippen LogP contribution in [-0.2, 0) is 16.4 Å². The third kappa shape index (κ3) is 5.27. The molecule has 0 fully saturated rings. The molecule has 142 valence electrons. The largest absolute Gasteiger partial charge is 0.493 e. The number of nitrogens with two attached hydrogens (primary N) is 1. The van der Waals surface area contributed by atoms with Crippen molar-refractivity contribution in [1.82, 2.24) is 4.72 Å². The monoisotopic (exact) mass is 398 g/mol. The maximum atomic E-state index is 12.3. The molecule has 0 bridgehead atoms. The molecule has 6 nitrogen and oxygen atoms in total. The number of hydrogen-bond acceptors (Lipinski definition) is 5. The summed E-state index contributed by atoms with van der Waals surface area (Å²) in [7, 11) is -2.05. The fraction of sp³-hybridized carbons (Fsp3) is 0.333. The fourth-order valence-electron chi connectivity index (χ4n) is 2.32. The normalized spacial score (nSPS) is 11.3. The van der Waals surface area contributed by atoms with E-state index in [1.165, 1.54) is 19.2 Å². The molecule has 0 saturated carbocycles. The van der Waals surface area contributed by atoms with Gasteiger partial charge in [-0.2, -0.15) is 0 Å². The first-order valence-electron chi connectivity index (χ1n) is 8.21. The Balaban J connectivity index is 2.05. The minimum Gasteiger partial charge on any atom is -0.493 e. The summed E-state index contributed by atoms with van der Waals surface area (Å²) in [6, 6.07) is 9.60. The Morgan fingerprint density at radius 3 is 2.50 bits per heavy atom. The van der Waals surface area contributed by atoms with Crippen LogP contribution < -0.4 is 19.9 Å². The summed E-state index contributed by atoms with van der Waals surface area (Å²) in [5.41, 5.74) is 6.93. The number of methoxy groups -OCH3 is 1. The van der Waals surface area contributed by atoms with Gasteiger partial charge in [0.1, 0.15) is 0 Å². The summed E-state index contributed by atoms with van der Waals surface area (Å²) >= 11 is 6.27. The van der Waals surface area contributed by atoms with Gasteiger partial charge in [0.15, 0.2) is 11.5 Å². The van der Waals surface area contributed by atoms with Crippen molar-refractivity contribution in [3.05, 3.63) is 47.0 Å². The van der Waals surface area contributed by atoms with E-state index >= 15 is 0 Å². The van der Waals surface area contributed by atoms with Crippen LogP contribution in [0.4, 0.5) is 5.69 Å². The molecule has 8 heteroatoms. The van der Waals surface area contributed by atoms with Crippen molar-refractivity contribution < 1.29 is 17.9 Å². The van der Waals surface area contributed by atoms with Gasteiger partial charge in [-0.15, -0.1) is 0 Å². The van der Waals surface area contributed by atoms with Gasteiger partial charge in [0.2, 0.25) is 10.0 Å². The van der Waals surface area contributed by atoms with Gasteiger partial charge in [-0.05, 0) is 54.8 Å². The van der Waals surface area contributed by atoms with Crippen LogP contribution in [0.15, 0.2) is 41.3 Å². The average Bonchev–Trinajstić information content (AvgIpc) is 2.60. The number of rotatable bonds is 9. The average molecular weight is 399 g/mol. The van der Waals surface area contributed by atoms with Gasteiger partial charge in [-0.25, -0.2) is 13.1 Å². The van der Waals surface area contributed by atoms with Crippen LogP contribution in [0, 0.1) is 0 Å². The van der Waals surface area contributed by atoms with E-state index in [1.54, 1.807) is 24.3 Å². The summed E-state index contributed by atoms with van der Waals surface area (Å²) in [6.45, 7) is 2.76. The lowest BCUT2D eigenvalue weighted by Crippen LogP contribution is -2.26. The van der Waals surface area contributed by atoms with E-state index in [2.05, 4.69) is 4.72 Å². The lowest BCUT2D eigenvalue weighted by molar-refractivity contribution is 0.294. The zero-order valence-corrected chi connectivity index (χ0v) is 16.4. The van der Waals surface area contributed by atoms with Crippen LogP contribution in [-0.4, -0.2) is 28.7 Å². The van der Waals surface area contributed by atoms with Gasteiger partial charge < -0.3 is 15.2 Å². The van der Waals surface area contributed by atoms with Gasteiger partial charge in [0.25, 0.3) is 0 Å². The van der Waals surface area contributed by atoms with E-state index in [1.807, 2.05) is 6.92 Å². The lowest BCUT2D eigenvalue weighted by Gasteiger charge is -2.14. The highest BCUT2D eigenvalue weighted by Crippen LogP contribution is 2.36. The number of sulfonamides is 1. The van der Waals surface area contributed by atoms with Crippen LogP contribution in [0.25, 0.3) is 0 Å². The summed E-state index contributed by atoms with van der Waals surface area (Å²) in [5.74, 6) is 1.03. The first-order chi connectivity index (χ1) is 12.4. The van der Waals surface area contributed by atoms with Crippen molar-refractivity contribution in [3.63, 3.8) is 0 Å². The van der Waals surface area contributed by atoms with E-state index in [0.29, 0.717) is 35.2 Å². The highest BCUT2D eigenvalue weighted by molar-refractivity contribution is 7.89. The standard InChI is InChI=1S/C18H23ClN2O4S/c1-3-10-25-18-16(19)11-13(12-17(18)24-2)8-9-21-26(22,23)15-6-4-14(20)5-7-15/h4-7,11-12,21H,3,8-10,20H2,1-2H3. The van der Waals surface area contributed by atoms with Gasteiger partial charge in [-0.1, -0.05) is 18.5 Å². The first-order valence-corrected chi connectivity index (χ1v) is 10.1. The number of benzene rings is 2. The summed E-state index contributed by atoms with van der Waals surface area (Å²) < 4.78 is 38.1. The summed E-state index contributed by atoms with van der Waals surface area (Å²) in [4.78, 5) is 0.172. The molecule has 2 rings (SSSR count). The molecule has 0 aliphatic rings. The topological polar surface area (TPSA) is 90.7 Å². The van der Waals surface area contributed by atoms with Crippen LogP contribution in [0.5, 0.6) is 11.5 Å². The molecule has 0 atom stereocenters. The number of nitrogen functional groups attached to an aromatic ring is 1. The second kappa shape index (κ2) is 9.12. The second-order valence-electron chi connectivity index (χ2n) is 5.67. The Bertz CT molecular complexity index is 839. The molecule has 0 amide bonds. The molecule has 0 heterocycles. The van der Waals surface area contributed by atoms with Crippen molar-refractivity contribution in [3.8, 4) is 11.5 Å². The molecule has 0 aliphatic carbocycles. The van der Waals surface area contributed by atoms with E-state index < -0.39 is 10.0 Å².